The summed E-state index contributed by atoms with van der Waals surface area (Å²) in [4.78, 5) is 11.5. The molecule has 0 aromatic rings. The van der Waals surface area contributed by atoms with Gasteiger partial charge in [0, 0.05) is 6.54 Å². The Morgan fingerprint density at radius 3 is 2.29 bits per heavy atom. The molecule has 0 bridgehead atoms. The molecule has 2 aliphatic heterocycles. The first kappa shape index (κ1) is 11.4. The van der Waals surface area contributed by atoms with Crippen LogP contribution in [-0.4, -0.2) is 47.7 Å². The Labute approximate surface area is 83.6 Å². The van der Waals surface area contributed by atoms with E-state index in [0.717, 1.165) is 6.54 Å². The Bertz CT molecular complexity index is 211. The smallest absolute Gasteiger partial charge is 0.293 e. The molecule has 0 aliphatic carbocycles. The number of carbonyl (C=O) groups is 1. The fraction of sp³-hybridized carbons (Fsp3) is 0.889. The van der Waals surface area contributed by atoms with Crippen LogP contribution >= 0.6 is 0 Å². The first-order chi connectivity index (χ1) is 6.37. The molecule has 2 fully saturated rings. The van der Waals surface area contributed by atoms with E-state index >= 15 is 0 Å². The lowest BCUT2D eigenvalue weighted by molar-refractivity contribution is -0.138. The van der Waals surface area contributed by atoms with E-state index in [1.54, 1.807) is 0 Å². The molecule has 2 saturated heterocycles. The van der Waals surface area contributed by atoms with Crippen LogP contribution in [0.4, 0.5) is 0 Å². The zero-order chi connectivity index (χ0) is 10.8. The van der Waals surface area contributed by atoms with Gasteiger partial charge < -0.3 is 14.6 Å². The minimum Gasteiger partial charge on any atom is -0.462 e. The molecule has 0 saturated carbocycles. The number of hydrogen-bond donors (Lipinski definition) is 1. The minimum atomic E-state index is -0.806. The summed E-state index contributed by atoms with van der Waals surface area (Å²) in [5.41, 5.74) is -0.318. The molecule has 1 N–H and O–H groups in total. The second kappa shape index (κ2) is 3.84. The van der Waals surface area contributed by atoms with Gasteiger partial charge in [-0.2, -0.15) is 0 Å². The average Bonchev–Trinajstić information content (AvgIpc) is 2.49. The van der Waals surface area contributed by atoms with Crippen molar-refractivity contribution >= 4 is 6.47 Å². The Morgan fingerprint density at radius 2 is 2.21 bits per heavy atom. The number of fused-ring (bicyclic) bond motifs is 1. The molecule has 0 amide bonds. The van der Waals surface area contributed by atoms with Crippen molar-refractivity contribution in [3.05, 3.63) is 0 Å². The molecule has 2 aliphatic rings. The summed E-state index contributed by atoms with van der Waals surface area (Å²) in [6.45, 7) is 8.23. The van der Waals surface area contributed by atoms with Crippen molar-refractivity contribution in [1.82, 2.24) is 4.90 Å². The summed E-state index contributed by atoms with van der Waals surface area (Å²) >= 11 is 0. The number of carbonyl (C=O) groups excluding carboxylic acids is 1. The summed E-state index contributed by atoms with van der Waals surface area (Å²) in [6.07, 6.45) is 0. The Morgan fingerprint density at radius 1 is 1.57 bits per heavy atom. The third kappa shape index (κ3) is 3.25. The first-order valence-corrected chi connectivity index (χ1v) is 4.60. The van der Waals surface area contributed by atoms with E-state index in [9.17, 15) is 4.79 Å². The van der Waals surface area contributed by atoms with Crippen LogP contribution in [-0.2, 0) is 14.3 Å². The summed E-state index contributed by atoms with van der Waals surface area (Å²) in [5, 5.41) is 8.97. The van der Waals surface area contributed by atoms with Crippen LogP contribution in [0.5, 0.6) is 0 Å². The third-order valence-electron chi connectivity index (χ3n) is 1.88. The summed E-state index contributed by atoms with van der Waals surface area (Å²) < 4.78 is 9.44. The molecule has 82 valence electrons. The molecular formula is C9H17NO4. The summed E-state index contributed by atoms with van der Waals surface area (Å²) in [7, 11) is 0. The van der Waals surface area contributed by atoms with Crippen molar-refractivity contribution in [1.29, 1.82) is 0 Å². The number of nitrogens with zero attached hydrogens (tertiary/aromatic N) is 1. The van der Waals surface area contributed by atoms with E-state index in [0.29, 0.717) is 19.6 Å². The van der Waals surface area contributed by atoms with Gasteiger partial charge in [0.1, 0.15) is 5.60 Å². The lowest BCUT2D eigenvalue weighted by Gasteiger charge is -2.14. The Kier molecular flexibility index (Phi) is 3.14. The summed E-state index contributed by atoms with van der Waals surface area (Å²) in [5.74, 6) is -0.806. The monoisotopic (exact) mass is 203 g/mol. The zero-order valence-electron chi connectivity index (χ0n) is 8.82. The van der Waals surface area contributed by atoms with E-state index in [1.807, 2.05) is 25.7 Å². The maximum absolute atomic E-state index is 9.60. The molecule has 14 heavy (non-hydrogen) atoms. The molecule has 2 heterocycles. The van der Waals surface area contributed by atoms with Gasteiger partial charge in [-0.05, 0) is 20.8 Å². The number of rotatable bonds is 1. The standard InChI is InChI=1S/C5H10O2.C4H7NO2/c1-5(2,3)7-4-6;6-4-3-5(4)1-2-7-4/h4H,1-3H3;6H,1-3H2. The van der Waals surface area contributed by atoms with E-state index in [1.165, 1.54) is 0 Å². The van der Waals surface area contributed by atoms with Crippen LogP contribution in [0, 0.1) is 0 Å². The molecule has 2 atom stereocenters. The van der Waals surface area contributed by atoms with Gasteiger partial charge >= 0.3 is 0 Å². The lowest BCUT2D eigenvalue weighted by atomic mass is 10.2. The molecule has 0 aromatic heterocycles. The van der Waals surface area contributed by atoms with Gasteiger partial charge in [0.15, 0.2) is 0 Å². The van der Waals surface area contributed by atoms with Crippen molar-refractivity contribution < 1.29 is 19.4 Å². The van der Waals surface area contributed by atoms with Gasteiger partial charge in [-0.1, -0.05) is 0 Å². The van der Waals surface area contributed by atoms with E-state index in [2.05, 4.69) is 4.74 Å². The number of hydrogen-bond acceptors (Lipinski definition) is 5. The van der Waals surface area contributed by atoms with Crippen LogP contribution < -0.4 is 0 Å². The molecule has 0 aromatic carbocycles. The van der Waals surface area contributed by atoms with Gasteiger partial charge in [-0.3, -0.25) is 4.79 Å². The van der Waals surface area contributed by atoms with E-state index in [4.69, 9.17) is 9.84 Å². The van der Waals surface area contributed by atoms with Crippen molar-refractivity contribution in [2.45, 2.75) is 32.3 Å². The lowest BCUT2D eigenvalue weighted by Crippen LogP contribution is -2.17. The van der Waals surface area contributed by atoms with Gasteiger partial charge in [-0.15, -0.1) is 0 Å². The normalized spacial score (nSPS) is 33.9. The van der Waals surface area contributed by atoms with Gasteiger partial charge in [0.25, 0.3) is 6.47 Å². The van der Waals surface area contributed by atoms with E-state index < -0.39 is 5.91 Å². The van der Waals surface area contributed by atoms with Crippen LogP contribution in [0.2, 0.25) is 0 Å². The van der Waals surface area contributed by atoms with Crippen LogP contribution in [0.1, 0.15) is 20.8 Å². The molecule has 2 rings (SSSR count). The van der Waals surface area contributed by atoms with Gasteiger partial charge in [0.2, 0.25) is 5.91 Å². The molecular weight excluding hydrogens is 186 g/mol. The second-order valence-electron chi connectivity index (χ2n) is 4.34. The highest BCUT2D eigenvalue weighted by molar-refractivity contribution is 5.37. The van der Waals surface area contributed by atoms with Crippen LogP contribution in [0.15, 0.2) is 0 Å². The highest BCUT2D eigenvalue weighted by Crippen LogP contribution is 2.34. The predicted octanol–water partition coefficient (Wildman–Crippen LogP) is -0.0638. The SMILES string of the molecule is CC(C)(C)OC=O.OC12CN1CCO2. The van der Waals surface area contributed by atoms with Gasteiger partial charge in [-0.25, -0.2) is 4.90 Å². The Hall–Kier alpha value is -0.650. The third-order valence-corrected chi connectivity index (χ3v) is 1.88. The maximum atomic E-state index is 9.60. The van der Waals surface area contributed by atoms with Crippen molar-refractivity contribution in [3.8, 4) is 0 Å². The van der Waals surface area contributed by atoms with Crippen molar-refractivity contribution in [2.24, 2.45) is 0 Å². The van der Waals surface area contributed by atoms with Gasteiger partial charge in [0.05, 0.1) is 13.2 Å². The molecule has 2 unspecified atom stereocenters. The predicted molar refractivity (Wildman–Crippen MR) is 49.4 cm³/mol. The highest BCUT2D eigenvalue weighted by Gasteiger charge is 2.56. The fourth-order valence-corrected chi connectivity index (χ4v) is 1.07. The maximum Gasteiger partial charge on any atom is 0.293 e. The molecule has 0 spiro atoms. The second-order valence-corrected chi connectivity index (χ2v) is 4.34. The van der Waals surface area contributed by atoms with Crippen LogP contribution in [0.3, 0.4) is 0 Å². The number of morpholine rings is 1. The quantitative estimate of drug-likeness (QED) is 0.478. The molecule has 5 nitrogen and oxygen atoms in total. The first-order valence-electron chi connectivity index (χ1n) is 4.60. The summed E-state index contributed by atoms with van der Waals surface area (Å²) in [6, 6.07) is 0. The largest absolute Gasteiger partial charge is 0.462 e. The molecule has 0 radical (unpaired) electrons. The van der Waals surface area contributed by atoms with Crippen molar-refractivity contribution in [2.75, 3.05) is 19.7 Å². The average molecular weight is 203 g/mol. The minimum absolute atomic E-state index is 0.318. The number of aliphatic hydroxyl groups is 1. The van der Waals surface area contributed by atoms with E-state index in [-0.39, 0.29) is 5.60 Å². The molecule has 5 heteroatoms. The highest BCUT2D eigenvalue weighted by atomic mass is 16.7. The Balaban J connectivity index is 0.000000140. The van der Waals surface area contributed by atoms with Crippen molar-refractivity contribution in [3.63, 3.8) is 0 Å². The zero-order valence-corrected chi connectivity index (χ0v) is 8.82. The number of ether oxygens (including phenoxy) is 2. The van der Waals surface area contributed by atoms with Crippen LogP contribution in [0.25, 0.3) is 0 Å². The topological polar surface area (TPSA) is 58.8 Å². The fourth-order valence-electron chi connectivity index (χ4n) is 1.07.